The third-order valence-electron chi connectivity index (χ3n) is 5.04. The van der Waals surface area contributed by atoms with Gasteiger partial charge < -0.3 is 19.9 Å². The highest BCUT2D eigenvalue weighted by atomic mass is 32.1. The van der Waals surface area contributed by atoms with E-state index in [1.807, 2.05) is 54.3 Å². The first-order valence-corrected chi connectivity index (χ1v) is 10.2. The quantitative estimate of drug-likeness (QED) is 0.629. The van der Waals surface area contributed by atoms with Gasteiger partial charge in [-0.3, -0.25) is 4.79 Å². The first-order valence-electron chi connectivity index (χ1n) is 9.80. The summed E-state index contributed by atoms with van der Waals surface area (Å²) in [5, 5.41) is 4.47. The van der Waals surface area contributed by atoms with E-state index >= 15 is 0 Å². The number of hydrogen-bond acceptors (Lipinski definition) is 4. The Hall–Kier alpha value is -2.77. The van der Waals surface area contributed by atoms with Gasteiger partial charge in [-0.2, -0.15) is 0 Å². The van der Waals surface area contributed by atoms with Crippen molar-refractivity contribution in [3.05, 3.63) is 70.3 Å². The topological polar surface area (TPSA) is 70.2 Å². The third kappa shape index (κ3) is 4.81. The zero-order valence-corrected chi connectivity index (χ0v) is 17.2. The van der Waals surface area contributed by atoms with Crippen molar-refractivity contribution in [3.63, 3.8) is 0 Å². The predicted octanol–water partition coefficient (Wildman–Crippen LogP) is 3.61. The predicted molar refractivity (Wildman–Crippen MR) is 119 cm³/mol. The van der Waals surface area contributed by atoms with Gasteiger partial charge >= 0.3 is 0 Å². The minimum absolute atomic E-state index is 0.125. The highest BCUT2D eigenvalue weighted by Crippen LogP contribution is 2.17. The maximum atomic E-state index is 12.4. The SMILES string of the molecule is Cc1ccc(NC(=S)N(Cc2nc3ccccc3c(=O)[nH]2)C[C@H]2CCCO2)cc1. The van der Waals surface area contributed by atoms with Gasteiger partial charge in [0.05, 0.1) is 23.6 Å². The van der Waals surface area contributed by atoms with Gasteiger partial charge in [0, 0.05) is 18.8 Å². The van der Waals surface area contributed by atoms with Crippen molar-refractivity contribution in [1.29, 1.82) is 0 Å². The minimum Gasteiger partial charge on any atom is -0.376 e. The molecule has 0 saturated carbocycles. The average molecular weight is 409 g/mol. The fraction of sp³-hybridized carbons (Fsp3) is 0.318. The van der Waals surface area contributed by atoms with E-state index in [2.05, 4.69) is 15.3 Å². The van der Waals surface area contributed by atoms with E-state index in [1.54, 1.807) is 6.07 Å². The molecule has 1 atom stereocenters. The van der Waals surface area contributed by atoms with Gasteiger partial charge in [-0.25, -0.2) is 4.98 Å². The average Bonchev–Trinajstić information content (AvgIpc) is 3.22. The van der Waals surface area contributed by atoms with Crippen LogP contribution in [0.1, 0.15) is 24.2 Å². The molecule has 7 heteroatoms. The number of hydrogen-bond donors (Lipinski definition) is 2. The molecule has 0 bridgehead atoms. The van der Waals surface area contributed by atoms with Crippen LogP contribution in [0.3, 0.4) is 0 Å². The van der Waals surface area contributed by atoms with Crippen molar-refractivity contribution in [1.82, 2.24) is 14.9 Å². The molecular formula is C22H24N4O2S. The van der Waals surface area contributed by atoms with E-state index in [4.69, 9.17) is 17.0 Å². The molecule has 2 heterocycles. The number of nitrogens with one attached hydrogen (secondary N) is 2. The van der Waals surface area contributed by atoms with E-state index < -0.39 is 0 Å². The van der Waals surface area contributed by atoms with Crippen LogP contribution in [0.5, 0.6) is 0 Å². The Bertz CT molecular complexity index is 1060. The van der Waals surface area contributed by atoms with E-state index in [1.165, 1.54) is 5.56 Å². The lowest BCUT2D eigenvalue weighted by Gasteiger charge is -2.28. The number of para-hydroxylation sites is 1. The molecule has 2 N–H and O–H groups in total. The number of aromatic nitrogens is 2. The van der Waals surface area contributed by atoms with Crippen LogP contribution in [-0.4, -0.2) is 39.2 Å². The molecule has 4 rings (SSSR count). The zero-order chi connectivity index (χ0) is 20.2. The molecule has 1 aliphatic rings. The van der Waals surface area contributed by atoms with Crippen molar-refractivity contribution >= 4 is 33.9 Å². The second-order valence-electron chi connectivity index (χ2n) is 7.34. The summed E-state index contributed by atoms with van der Waals surface area (Å²) in [6.45, 7) is 3.88. The highest BCUT2D eigenvalue weighted by molar-refractivity contribution is 7.80. The lowest BCUT2D eigenvalue weighted by molar-refractivity contribution is 0.0900. The number of anilines is 1. The molecule has 0 aliphatic carbocycles. The molecule has 1 fully saturated rings. The molecule has 150 valence electrons. The largest absolute Gasteiger partial charge is 0.376 e. The summed E-state index contributed by atoms with van der Waals surface area (Å²) in [5.41, 5.74) is 2.66. The molecule has 1 saturated heterocycles. The standard InChI is InChI=1S/C22H24N4O2S/c1-15-8-10-16(11-9-15)23-22(29)26(13-17-5-4-12-28-17)14-20-24-19-7-3-2-6-18(19)21(27)25-20/h2-3,6-11,17H,4-5,12-14H2,1H3,(H,23,29)(H,24,25,27)/t17-/m1/s1. The molecule has 29 heavy (non-hydrogen) atoms. The highest BCUT2D eigenvalue weighted by Gasteiger charge is 2.22. The minimum atomic E-state index is -0.139. The van der Waals surface area contributed by atoms with Gasteiger partial charge in [0.2, 0.25) is 0 Å². The van der Waals surface area contributed by atoms with Crippen LogP contribution in [0, 0.1) is 6.92 Å². The number of benzene rings is 2. The summed E-state index contributed by atoms with van der Waals surface area (Å²) in [6.07, 6.45) is 2.19. The van der Waals surface area contributed by atoms with Gasteiger partial charge in [0.1, 0.15) is 5.82 Å². The summed E-state index contributed by atoms with van der Waals surface area (Å²) in [6, 6.07) is 15.4. The Balaban J connectivity index is 1.57. The Morgan fingerprint density at radius 1 is 1.28 bits per heavy atom. The van der Waals surface area contributed by atoms with E-state index in [-0.39, 0.29) is 11.7 Å². The van der Waals surface area contributed by atoms with E-state index in [0.717, 1.165) is 25.1 Å². The second kappa shape index (κ2) is 8.71. The number of thiocarbonyl (C=S) groups is 1. The molecule has 6 nitrogen and oxygen atoms in total. The monoisotopic (exact) mass is 408 g/mol. The summed E-state index contributed by atoms with van der Waals surface area (Å²) < 4.78 is 5.81. The maximum absolute atomic E-state index is 12.4. The van der Waals surface area contributed by atoms with Crippen molar-refractivity contribution < 1.29 is 4.74 Å². The van der Waals surface area contributed by atoms with Gasteiger partial charge in [-0.05, 0) is 56.2 Å². The molecule has 2 aromatic carbocycles. The maximum Gasteiger partial charge on any atom is 0.258 e. The lowest BCUT2D eigenvalue weighted by atomic mass is 10.2. The van der Waals surface area contributed by atoms with Crippen LogP contribution in [-0.2, 0) is 11.3 Å². The Kier molecular flexibility index (Phi) is 5.87. The molecule has 1 aromatic heterocycles. The number of aryl methyl sites for hydroxylation is 1. The van der Waals surface area contributed by atoms with Crippen LogP contribution >= 0.6 is 12.2 Å². The van der Waals surface area contributed by atoms with Crippen LogP contribution in [0.25, 0.3) is 10.9 Å². The van der Waals surface area contributed by atoms with Crippen LogP contribution in [0.15, 0.2) is 53.3 Å². The number of fused-ring (bicyclic) bond motifs is 1. The van der Waals surface area contributed by atoms with Crippen LogP contribution in [0.4, 0.5) is 5.69 Å². The number of nitrogens with zero attached hydrogens (tertiary/aromatic N) is 2. The molecular weight excluding hydrogens is 384 g/mol. The number of ether oxygens (including phenoxy) is 1. The van der Waals surface area contributed by atoms with E-state index in [0.29, 0.717) is 34.9 Å². The Morgan fingerprint density at radius 3 is 2.83 bits per heavy atom. The summed E-state index contributed by atoms with van der Waals surface area (Å²) in [4.78, 5) is 22.0. The molecule has 1 aliphatic heterocycles. The number of aromatic amines is 1. The van der Waals surface area contributed by atoms with Crippen molar-refractivity contribution in [2.24, 2.45) is 0 Å². The number of H-pyrrole nitrogens is 1. The normalized spacial score (nSPS) is 16.1. The van der Waals surface area contributed by atoms with Gasteiger partial charge in [0.25, 0.3) is 5.56 Å². The fourth-order valence-corrected chi connectivity index (χ4v) is 3.74. The van der Waals surface area contributed by atoms with Gasteiger partial charge in [-0.15, -0.1) is 0 Å². The summed E-state index contributed by atoms with van der Waals surface area (Å²) >= 11 is 5.69. The van der Waals surface area contributed by atoms with Gasteiger partial charge in [0.15, 0.2) is 5.11 Å². The van der Waals surface area contributed by atoms with Gasteiger partial charge in [-0.1, -0.05) is 29.8 Å². The second-order valence-corrected chi connectivity index (χ2v) is 7.73. The first kappa shape index (κ1) is 19.5. The third-order valence-corrected chi connectivity index (χ3v) is 5.40. The van der Waals surface area contributed by atoms with E-state index in [9.17, 15) is 4.79 Å². The smallest absolute Gasteiger partial charge is 0.258 e. The summed E-state index contributed by atoms with van der Waals surface area (Å²) in [7, 11) is 0. The molecule has 0 amide bonds. The lowest BCUT2D eigenvalue weighted by Crippen LogP contribution is -2.40. The van der Waals surface area contributed by atoms with Crippen LogP contribution in [0.2, 0.25) is 0 Å². The Labute approximate surface area is 174 Å². The Morgan fingerprint density at radius 2 is 2.07 bits per heavy atom. The van der Waals surface area contributed by atoms with Crippen molar-refractivity contribution in [3.8, 4) is 0 Å². The van der Waals surface area contributed by atoms with Crippen molar-refractivity contribution in [2.75, 3.05) is 18.5 Å². The molecule has 0 unspecified atom stereocenters. The first-order chi connectivity index (χ1) is 14.1. The zero-order valence-electron chi connectivity index (χ0n) is 16.4. The fourth-order valence-electron chi connectivity index (χ4n) is 3.48. The molecule has 3 aromatic rings. The summed E-state index contributed by atoms with van der Waals surface area (Å²) in [5.74, 6) is 0.583. The molecule has 0 radical (unpaired) electrons. The van der Waals surface area contributed by atoms with Crippen LogP contribution < -0.4 is 10.9 Å². The number of rotatable bonds is 5. The van der Waals surface area contributed by atoms with Crippen molar-refractivity contribution in [2.45, 2.75) is 32.4 Å². The molecule has 0 spiro atoms.